The number of aryl methyl sites for hydroxylation is 2. The first kappa shape index (κ1) is 14.0. The molecule has 1 saturated heterocycles. The lowest BCUT2D eigenvalue weighted by molar-refractivity contribution is 0.0790. The van der Waals surface area contributed by atoms with E-state index in [0.29, 0.717) is 6.54 Å². The van der Waals surface area contributed by atoms with Crippen molar-refractivity contribution < 1.29 is 4.79 Å². The Morgan fingerprint density at radius 2 is 1.88 bits per heavy atom. The standard InChI is InChI=1S/C13H18N2O.ClH/c1-9-5-10(2)7-11(6-9)13(16)15-4-3-12(14)8-15;/h5-7,12H,3-4,8,14H2,1-2H3;1H/t12-;/m1./s1. The minimum Gasteiger partial charge on any atom is -0.337 e. The zero-order valence-corrected chi connectivity index (χ0v) is 11.1. The number of hydrogen-bond acceptors (Lipinski definition) is 2. The molecule has 3 nitrogen and oxygen atoms in total. The van der Waals surface area contributed by atoms with Crippen LogP contribution < -0.4 is 5.73 Å². The van der Waals surface area contributed by atoms with Gasteiger partial charge >= 0.3 is 0 Å². The van der Waals surface area contributed by atoms with Crippen molar-refractivity contribution >= 4 is 18.3 Å². The number of halogens is 1. The van der Waals surface area contributed by atoms with Gasteiger partial charge in [0, 0.05) is 24.7 Å². The summed E-state index contributed by atoms with van der Waals surface area (Å²) in [6.07, 6.45) is 0.913. The molecule has 17 heavy (non-hydrogen) atoms. The summed E-state index contributed by atoms with van der Waals surface area (Å²) in [6, 6.07) is 6.11. The highest BCUT2D eigenvalue weighted by Crippen LogP contribution is 2.15. The van der Waals surface area contributed by atoms with Crippen LogP contribution in [0.15, 0.2) is 18.2 Å². The van der Waals surface area contributed by atoms with E-state index in [9.17, 15) is 4.79 Å². The minimum absolute atomic E-state index is 0. The van der Waals surface area contributed by atoms with Gasteiger partial charge in [0.1, 0.15) is 0 Å². The zero-order valence-electron chi connectivity index (χ0n) is 10.3. The molecule has 0 saturated carbocycles. The van der Waals surface area contributed by atoms with Crippen molar-refractivity contribution in [3.8, 4) is 0 Å². The van der Waals surface area contributed by atoms with E-state index in [2.05, 4.69) is 6.07 Å². The molecule has 0 spiro atoms. The van der Waals surface area contributed by atoms with Crippen molar-refractivity contribution in [2.45, 2.75) is 26.3 Å². The van der Waals surface area contributed by atoms with Crippen LogP contribution in [0.4, 0.5) is 0 Å². The molecule has 1 heterocycles. The maximum absolute atomic E-state index is 12.2. The first-order chi connectivity index (χ1) is 7.56. The van der Waals surface area contributed by atoms with Gasteiger partial charge in [-0.25, -0.2) is 0 Å². The highest BCUT2D eigenvalue weighted by molar-refractivity contribution is 5.94. The van der Waals surface area contributed by atoms with Crippen molar-refractivity contribution in [1.82, 2.24) is 4.90 Å². The van der Waals surface area contributed by atoms with Crippen molar-refractivity contribution in [2.24, 2.45) is 5.73 Å². The Bertz CT molecular complexity index is 400. The van der Waals surface area contributed by atoms with E-state index in [1.54, 1.807) is 0 Å². The number of likely N-dealkylation sites (tertiary alicyclic amines) is 1. The van der Waals surface area contributed by atoms with E-state index in [1.165, 1.54) is 0 Å². The molecule has 1 aliphatic heterocycles. The molecule has 2 rings (SSSR count). The minimum atomic E-state index is 0. The summed E-state index contributed by atoms with van der Waals surface area (Å²) < 4.78 is 0. The van der Waals surface area contributed by atoms with Crippen molar-refractivity contribution in [1.29, 1.82) is 0 Å². The second kappa shape index (κ2) is 5.52. The summed E-state index contributed by atoms with van der Waals surface area (Å²) in [5.41, 5.74) is 8.85. The topological polar surface area (TPSA) is 46.3 Å². The first-order valence-corrected chi connectivity index (χ1v) is 5.69. The molecule has 0 aliphatic carbocycles. The number of carbonyl (C=O) groups excluding carboxylic acids is 1. The van der Waals surface area contributed by atoms with E-state index < -0.39 is 0 Å². The molecule has 1 amide bonds. The fourth-order valence-corrected chi connectivity index (χ4v) is 2.25. The number of nitrogens with two attached hydrogens (primary N) is 1. The monoisotopic (exact) mass is 254 g/mol. The van der Waals surface area contributed by atoms with Gasteiger partial charge in [-0.2, -0.15) is 0 Å². The fourth-order valence-electron chi connectivity index (χ4n) is 2.25. The average molecular weight is 255 g/mol. The molecule has 94 valence electrons. The van der Waals surface area contributed by atoms with Gasteiger partial charge in [0.25, 0.3) is 5.91 Å². The SMILES string of the molecule is Cc1cc(C)cc(C(=O)N2CC[C@@H](N)C2)c1.Cl. The van der Waals surface area contributed by atoms with Crippen LogP contribution in [0, 0.1) is 13.8 Å². The summed E-state index contributed by atoms with van der Waals surface area (Å²) in [7, 11) is 0. The van der Waals surface area contributed by atoms with Crippen LogP contribution in [0.3, 0.4) is 0 Å². The fraction of sp³-hybridized carbons (Fsp3) is 0.462. The molecular weight excluding hydrogens is 236 g/mol. The lowest BCUT2D eigenvalue weighted by Crippen LogP contribution is -2.31. The number of rotatable bonds is 1. The Morgan fingerprint density at radius 1 is 1.29 bits per heavy atom. The van der Waals surface area contributed by atoms with Crippen molar-refractivity contribution in [3.05, 3.63) is 34.9 Å². The Labute approximate surface area is 108 Å². The summed E-state index contributed by atoms with van der Waals surface area (Å²) in [5.74, 6) is 0.111. The van der Waals surface area contributed by atoms with Gasteiger partial charge in [0.15, 0.2) is 0 Å². The van der Waals surface area contributed by atoms with Gasteiger partial charge in [-0.3, -0.25) is 4.79 Å². The Hall–Kier alpha value is -1.06. The van der Waals surface area contributed by atoms with E-state index >= 15 is 0 Å². The normalized spacial score (nSPS) is 19.0. The number of amides is 1. The lowest BCUT2D eigenvalue weighted by Gasteiger charge is -2.16. The van der Waals surface area contributed by atoms with E-state index in [-0.39, 0.29) is 24.4 Å². The lowest BCUT2D eigenvalue weighted by atomic mass is 10.1. The first-order valence-electron chi connectivity index (χ1n) is 5.69. The Kier molecular flexibility index (Phi) is 4.54. The van der Waals surface area contributed by atoms with Crippen LogP contribution in [0.1, 0.15) is 27.9 Å². The predicted octanol–water partition coefficient (Wildman–Crippen LogP) is 1.90. The molecule has 1 fully saturated rings. The van der Waals surface area contributed by atoms with Gasteiger partial charge in [-0.05, 0) is 32.4 Å². The van der Waals surface area contributed by atoms with Gasteiger partial charge < -0.3 is 10.6 Å². The predicted molar refractivity (Wildman–Crippen MR) is 71.7 cm³/mol. The molecule has 1 aromatic rings. The third-order valence-electron chi connectivity index (χ3n) is 2.98. The summed E-state index contributed by atoms with van der Waals surface area (Å²) in [4.78, 5) is 14.0. The molecule has 1 aliphatic rings. The Morgan fingerprint density at radius 3 is 2.35 bits per heavy atom. The van der Waals surface area contributed by atoms with Gasteiger partial charge in [0.05, 0.1) is 0 Å². The van der Waals surface area contributed by atoms with Crippen LogP contribution in [0.5, 0.6) is 0 Å². The Balaban J connectivity index is 0.00000144. The second-order valence-electron chi connectivity index (χ2n) is 4.68. The van der Waals surface area contributed by atoms with E-state index in [0.717, 1.165) is 29.7 Å². The van der Waals surface area contributed by atoms with E-state index in [1.807, 2.05) is 30.9 Å². The molecule has 2 N–H and O–H groups in total. The smallest absolute Gasteiger partial charge is 0.253 e. The number of benzene rings is 1. The molecule has 0 aromatic heterocycles. The van der Waals surface area contributed by atoms with E-state index in [4.69, 9.17) is 5.73 Å². The molecule has 1 atom stereocenters. The highest BCUT2D eigenvalue weighted by Gasteiger charge is 2.24. The summed E-state index contributed by atoms with van der Waals surface area (Å²) in [6.45, 7) is 5.50. The highest BCUT2D eigenvalue weighted by atomic mass is 35.5. The van der Waals surface area contributed by atoms with Gasteiger partial charge in [-0.1, -0.05) is 17.2 Å². The third-order valence-corrected chi connectivity index (χ3v) is 2.98. The molecule has 4 heteroatoms. The summed E-state index contributed by atoms with van der Waals surface area (Å²) in [5, 5.41) is 0. The van der Waals surface area contributed by atoms with Crippen LogP contribution in [-0.2, 0) is 0 Å². The van der Waals surface area contributed by atoms with Crippen molar-refractivity contribution in [2.75, 3.05) is 13.1 Å². The molecule has 0 radical (unpaired) electrons. The molecule has 0 unspecified atom stereocenters. The molecule has 1 aromatic carbocycles. The summed E-state index contributed by atoms with van der Waals surface area (Å²) >= 11 is 0. The van der Waals surface area contributed by atoms with Gasteiger partial charge in [0.2, 0.25) is 0 Å². The third kappa shape index (κ3) is 3.20. The van der Waals surface area contributed by atoms with Crippen molar-refractivity contribution in [3.63, 3.8) is 0 Å². The van der Waals surface area contributed by atoms with Crippen LogP contribution in [0.25, 0.3) is 0 Å². The quantitative estimate of drug-likeness (QED) is 0.832. The van der Waals surface area contributed by atoms with Crippen LogP contribution in [-0.4, -0.2) is 29.9 Å². The maximum atomic E-state index is 12.2. The molecule has 0 bridgehead atoms. The second-order valence-corrected chi connectivity index (χ2v) is 4.68. The number of carbonyl (C=O) groups is 1. The average Bonchev–Trinajstić information content (AvgIpc) is 2.62. The number of nitrogens with zero attached hydrogens (tertiary/aromatic N) is 1. The van der Waals surface area contributed by atoms with Gasteiger partial charge in [-0.15, -0.1) is 12.4 Å². The largest absolute Gasteiger partial charge is 0.337 e. The number of hydrogen-bond donors (Lipinski definition) is 1. The maximum Gasteiger partial charge on any atom is 0.253 e. The van der Waals surface area contributed by atoms with Crippen LogP contribution in [0.2, 0.25) is 0 Å². The zero-order chi connectivity index (χ0) is 11.7. The van der Waals surface area contributed by atoms with Crippen LogP contribution >= 0.6 is 12.4 Å². The molecular formula is C13H19ClN2O.